The predicted octanol–water partition coefficient (Wildman–Crippen LogP) is 2.32. The molecule has 0 aliphatic carbocycles. The Morgan fingerprint density at radius 3 is 2.78 bits per heavy atom. The van der Waals surface area contributed by atoms with E-state index in [1.54, 1.807) is 7.11 Å². The van der Waals surface area contributed by atoms with Crippen LogP contribution in [0.3, 0.4) is 0 Å². The lowest BCUT2D eigenvalue weighted by molar-refractivity contribution is -0.131. The molecule has 3 nitrogen and oxygen atoms in total. The second-order valence-electron chi connectivity index (χ2n) is 6.02. The van der Waals surface area contributed by atoms with Gasteiger partial charge >= 0.3 is 0 Å². The number of rotatable bonds is 4. The van der Waals surface area contributed by atoms with Gasteiger partial charge in [-0.1, -0.05) is 13.8 Å². The van der Waals surface area contributed by atoms with Gasteiger partial charge in [0.05, 0.1) is 17.8 Å². The minimum Gasteiger partial charge on any atom is -0.390 e. The summed E-state index contributed by atoms with van der Waals surface area (Å²) in [5.41, 5.74) is 0.0455. The molecule has 2 aliphatic rings. The van der Waals surface area contributed by atoms with E-state index in [4.69, 9.17) is 9.47 Å². The maximum absolute atomic E-state index is 10.6. The van der Waals surface area contributed by atoms with E-state index in [1.807, 2.05) is 11.8 Å². The van der Waals surface area contributed by atoms with E-state index in [0.29, 0.717) is 11.8 Å². The minimum absolute atomic E-state index is 0.0455. The molecule has 2 saturated heterocycles. The first-order valence-electron chi connectivity index (χ1n) is 7.00. The zero-order valence-electron chi connectivity index (χ0n) is 11.7. The van der Waals surface area contributed by atoms with Crippen molar-refractivity contribution in [2.45, 2.75) is 50.9 Å². The van der Waals surface area contributed by atoms with Gasteiger partial charge < -0.3 is 14.6 Å². The highest BCUT2D eigenvalue weighted by atomic mass is 32.2. The predicted molar refractivity (Wildman–Crippen MR) is 75.0 cm³/mol. The largest absolute Gasteiger partial charge is 0.390 e. The zero-order valence-corrected chi connectivity index (χ0v) is 12.5. The van der Waals surface area contributed by atoms with Crippen LogP contribution in [0.2, 0.25) is 0 Å². The highest BCUT2D eigenvalue weighted by molar-refractivity contribution is 7.99. The number of aliphatic hydroxyl groups excluding tert-OH is 1. The van der Waals surface area contributed by atoms with E-state index in [2.05, 4.69) is 13.8 Å². The van der Waals surface area contributed by atoms with Crippen LogP contribution in [-0.4, -0.2) is 48.1 Å². The van der Waals surface area contributed by atoms with E-state index in [9.17, 15) is 5.11 Å². The summed E-state index contributed by atoms with van der Waals surface area (Å²) in [5, 5.41) is 10.6. The van der Waals surface area contributed by atoms with Crippen molar-refractivity contribution >= 4 is 11.8 Å². The van der Waals surface area contributed by atoms with Gasteiger partial charge in [0.15, 0.2) is 0 Å². The Labute approximate surface area is 115 Å². The lowest BCUT2D eigenvalue weighted by Crippen LogP contribution is -2.47. The van der Waals surface area contributed by atoms with Crippen molar-refractivity contribution in [3.05, 3.63) is 0 Å². The van der Waals surface area contributed by atoms with Gasteiger partial charge in [0, 0.05) is 19.5 Å². The van der Waals surface area contributed by atoms with Gasteiger partial charge in [-0.05, 0) is 36.9 Å². The molecule has 2 fully saturated rings. The van der Waals surface area contributed by atoms with Gasteiger partial charge in [0.2, 0.25) is 0 Å². The average molecular weight is 274 g/mol. The van der Waals surface area contributed by atoms with Gasteiger partial charge in [0.1, 0.15) is 0 Å². The molecule has 4 unspecified atom stereocenters. The van der Waals surface area contributed by atoms with E-state index in [-0.39, 0.29) is 17.8 Å². The summed E-state index contributed by atoms with van der Waals surface area (Å²) in [6.45, 7) is 5.01. The number of thioether (sulfide) groups is 1. The fourth-order valence-electron chi connectivity index (χ4n) is 3.29. The van der Waals surface area contributed by atoms with Crippen molar-refractivity contribution in [3.63, 3.8) is 0 Å². The van der Waals surface area contributed by atoms with Crippen LogP contribution < -0.4 is 0 Å². The lowest BCUT2D eigenvalue weighted by Gasteiger charge is -2.41. The second-order valence-corrected chi connectivity index (χ2v) is 7.13. The molecule has 1 spiro atoms. The summed E-state index contributed by atoms with van der Waals surface area (Å²) in [6.07, 6.45) is 2.68. The highest BCUT2D eigenvalue weighted by Crippen LogP contribution is 2.42. The van der Waals surface area contributed by atoms with Crippen LogP contribution in [0.5, 0.6) is 0 Å². The van der Waals surface area contributed by atoms with E-state index >= 15 is 0 Å². The number of hydrogen-bond donors (Lipinski definition) is 1. The maximum atomic E-state index is 10.6. The van der Waals surface area contributed by atoms with E-state index < -0.39 is 0 Å². The summed E-state index contributed by atoms with van der Waals surface area (Å²) in [6, 6.07) is 0. The Morgan fingerprint density at radius 1 is 1.44 bits per heavy atom. The first-order valence-corrected chi connectivity index (χ1v) is 8.16. The van der Waals surface area contributed by atoms with Crippen LogP contribution in [0.1, 0.15) is 33.1 Å². The van der Waals surface area contributed by atoms with E-state index in [0.717, 1.165) is 31.6 Å². The number of methoxy groups -OCH3 is 1. The minimum atomic E-state index is -0.360. The van der Waals surface area contributed by atoms with Crippen molar-refractivity contribution < 1.29 is 14.6 Å². The molecule has 4 heteroatoms. The molecule has 2 aliphatic heterocycles. The van der Waals surface area contributed by atoms with Crippen LogP contribution in [0.25, 0.3) is 0 Å². The molecular formula is C14H26O3S. The first-order chi connectivity index (χ1) is 8.58. The Hall–Kier alpha value is 0.230. The quantitative estimate of drug-likeness (QED) is 0.854. The van der Waals surface area contributed by atoms with Crippen LogP contribution in [0, 0.1) is 11.8 Å². The summed E-state index contributed by atoms with van der Waals surface area (Å²) in [5.74, 6) is 2.96. The van der Waals surface area contributed by atoms with Crippen LogP contribution in [0.4, 0.5) is 0 Å². The molecular weight excluding hydrogens is 248 g/mol. The molecule has 0 aromatic carbocycles. The summed E-state index contributed by atoms with van der Waals surface area (Å²) in [4.78, 5) is 0. The molecule has 2 heterocycles. The molecule has 1 N–H and O–H groups in total. The smallest absolute Gasteiger partial charge is 0.0855 e. The SMILES string of the molecule is COC(C(C)C)C(O)C1CCOC2(CCSC2)C1. The zero-order chi connectivity index (χ0) is 13.2. The van der Waals surface area contributed by atoms with Gasteiger partial charge in [0.25, 0.3) is 0 Å². The Morgan fingerprint density at radius 2 is 2.22 bits per heavy atom. The van der Waals surface area contributed by atoms with Crippen LogP contribution in [-0.2, 0) is 9.47 Å². The number of ether oxygens (including phenoxy) is 2. The van der Waals surface area contributed by atoms with Crippen molar-refractivity contribution in [1.29, 1.82) is 0 Å². The molecule has 0 saturated carbocycles. The van der Waals surface area contributed by atoms with Crippen molar-refractivity contribution in [3.8, 4) is 0 Å². The van der Waals surface area contributed by atoms with Gasteiger partial charge in [-0.25, -0.2) is 0 Å². The number of aliphatic hydroxyl groups is 1. The van der Waals surface area contributed by atoms with Crippen LogP contribution >= 0.6 is 11.8 Å². The molecule has 0 radical (unpaired) electrons. The monoisotopic (exact) mass is 274 g/mol. The summed E-state index contributed by atoms with van der Waals surface area (Å²) in [7, 11) is 1.70. The van der Waals surface area contributed by atoms with Crippen molar-refractivity contribution in [1.82, 2.24) is 0 Å². The highest BCUT2D eigenvalue weighted by Gasteiger charge is 2.44. The second kappa shape index (κ2) is 6.12. The molecule has 106 valence electrons. The number of hydrogen-bond acceptors (Lipinski definition) is 4. The first kappa shape index (κ1) is 14.6. The molecule has 0 amide bonds. The Bertz CT molecular complexity index is 264. The molecule has 0 bridgehead atoms. The molecule has 0 aromatic heterocycles. The van der Waals surface area contributed by atoms with Crippen molar-refractivity contribution in [2.24, 2.45) is 11.8 Å². The van der Waals surface area contributed by atoms with E-state index in [1.165, 1.54) is 5.75 Å². The average Bonchev–Trinajstić information content (AvgIpc) is 2.77. The third-order valence-corrected chi connectivity index (χ3v) is 5.57. The molecule has 4 atom stereocenters. The Kier molecular flexibility index (Phi) is 4.98. The topological polar surface area (TPSA) is 38.7 Å². The summed E-state index contributed by atoms with van der Waals surface area (Å²) < 4.78 is 11.5. The molecule has 18 heavy (non-hydrogen) atoms. The standard InChI is InChI=1S/C14H26O3S/c1-10(2)13(16-3)12(15)11-4-6-17-14(8-11)5-7-18-9-14/h10-13,15H,4-9H2,1-3H3. The lowest BCUT2D eigenvalue weighted by atomic mass is 9.79. The molecule has 0 aromatic rings. The normalized spacial score (nSPS) is 36.2. The summed E-state index contributed by atoms with van der Waals surface area (Å²) >= 11 is 1.98. The molecule has 2 rings (SSSR count). The third-order valence-electron chi connectivity index (χ3n) is 4.35. The third kappa shape index (κ3) is 3.03. The van der Waals surface area contributed by atoms with Crippen molar-refractivity contribution in [2.75, 3.05) is 25.2 Å². The maximum Gasteiger partial charge on any atom is 0.0855 e. The fraction of sp³-hybridized carbons (Fsp3) is 1.00. The van der Waals surface area contributed by atoms with Gasteiger partial charge in [-0.15, -0.1) is 0 Å². The Balaban J connectivity index is 1.99. The van der Waals surface area contributed by atoms with Crippen LogP contribution in [0.15, 0.2) is 0 Å². The van der Waals surface area contributed by atoms with Gasteiger partial charge in [-0.2, -0.15) is 11.8 Å². The van der Waals surface area contributed by atoms with Gasteiger partial charge in [-0.3, -0.25) is 0 Å². The fourth-order valence-corrected chi connectivity index (χ4v) is 4.67.